The summed E-state index contributed by atoms with van der Waals surface area (Å²) in [6.07, 6.45) is 0.836. The molecule has 6 nitrogen and oxygen atoms in total. The average Bonchev–Trinajstić information content (AvgIpc) is 2.32. The van der Waals surface area contributed by atoms with Crippen LogP contribution in [-0.4, -0.2) is 60.2 Å². The van der Waals surface area contributed by atoms with Crippen molar-refractivity contribution in [2.24, 2.45) is 5.10 Å². The van der Waals surface area contributed by atoms with E-state index in [-0.39, 0.29) is 24.2 Å². The van der Waals surface area contributed by atoms with Gasteiger partial charge in [-0.15, -0.1) is 12.4 Å². The summed E-state index contributed by atoms with van der Waals surface area (Å²) < 4.78 is 0. The second kappa shape index (κ2) is 6.15. The Kier molecular flexibility index (Phi) is 5.10. The zero-order valence-corrected chi connectivity index (χ0v) is 11.5. The van der Waals surface area contributed by atoms with Gasteiger partial charge in [-0.25, -0.2) is 5.01 Å². The van der Waals surface area contributed by atoms with Crippen LogP contribution in [0, 0.1) is 0 Å². The normalized spacial score (nSPS) is 24.4. The van der Waals surface area contributed by atoms with Gasteiger partial charge in [0, 0.05) is 45.6 Å². The van der Waals surface area contributed by atoms with Crippen molar-refractivity contribution in [2.45, 2.75) is 25.8 Å². The number of halogens is 1. The Morgan fingerprint density at radius 2 is 2.17 bits per heavy atom. The first-order chi connectivity index (χ1) is 8.08. The van der Waals surface area contributed by atoms with E-state index in [1.54, 1.807) is 7.05 Å². The van der Waals surface area contributed by atoms with E-state index in [0.717, 1.165) is 6.54 Å². The van der Waals surface area contributed by atoms with E-state index in [1.165, 1.54) is 5.01 Å². The SMILES string of the molecule is C[C@@H]1CN(C(=O)C2=NN(C)C(=O)CC2)CCN1.Cl. The number of hydrazone groups is 1. The van der Waals surface area contributed by atoms with Crippen molar-refractivity contribution in [1.29, 1.82) is 0 Å². The van der Waals surface area contributed by atoms with Crippen LogP contribution in [0.1, 0.15) is 19.8 Å². The summed E-state index contributed by atoms with van der Waals surface area (Å²) in [6, 6.07) is 0.316. The molecule has 2 aliphatic heterocycles. The van der Waals surface area contributed by atoms with Gasteiger partial charge in [-0.1, -0.05) is 0 Å². The van der Waals surface area contributed by atoms with Crippen LogP contribution < -0.4 is 5.32 Å². The minimum absolute atomic E-state index is 0. The maximum absolute atomic E-state index is 12.2. The number of nitrogens with one attached hydrogen (secondary N) is 1. The molecule has 0 bridgehead atoms. The van der Waals surface area contributed by atoms with Gasteiger partial charge in [0.25, 0.3) is 5.91 Å². The highest BCUT2D eigenvalue weighted by Crippen LogP contribution is 2.10. The Hall–Kier alpha value is -1.14. The first-order valence-corrected chi connectivity index (χ1v) is 5.94. The molecule has 0 unspecified atom stereocenters. The molecule has 1 atom stereocenters. The molecule has 18 heavy (non-hydrogen) atoms. The zero-order valence-electron chi connectivity index (χ0n) is 10.7. The quantitative estimate of drug-likeness (QED) is 0.722. The molecular weight excluding hydrogens is 256 g/mol. The maximum atomic E-state index is 12.2. The van der Waals surface area contributed by atoms with Crippen molar-refractivity contribution in [3.63, 3.8) is 0 Å². The largest absolute Gasteiger partial charge is 0.335 e. The van der Waals surface area contributed by atoms with E-state index in [9.17, 15) is 9.59 Å². The lowest BCUT2D eigenvalue weighted by Crippen LogP contribution is -2.53. The zero-order chi connectivity index (χ0) is 12.4. The summed E-state index contributed by atoms with van der Waals surface area (Å²) >= 11 is 0. The van der Waals surface area contributed by atoms with Gasteiger partial charge in [0.15, 0.2) is 0 Å². The van der Waals surface area contributed by atoms with Crippen molar-refractivity contribution in [3.8, 4) is 0 Å². The minimum Gasteiger partial charge on any atom is -0.335 e. The lowest BCUT2D eigenvalue weighted by atomic mass is 10.1. The van der Waals surface area contributed by atoms with Gasteiger partial charge >= 0.3 is 0 Å². The number of hydrogen-bond acceptors (Lipinski definition) is 4. The molecule has 0 aliphatic carbocycles. The number of carbonyl (C=O) groups excluding carboxylic acids is 2. The number of amides is 2. The predicted octanol–water partition coefficient (Wildman–Crippen LogP) is -0.163. The standard InChI is InChI=1S/C11H18N4O2.ClH/c1-8-7-15(6-5-12-8)11(17)9-3-4-10(16)14(2)13-9;/h8,12H,3-7H2,1-2H3;1H/t8-;/m1./s1. The lowest BCUT2D eigenvalue weighted by molar-refractivity contribution is -0.130. The molecule has 7 heteroatoms. The second-order valence-corrected chi connectivity index (χ2v) is 4.57. The third-order valence-corrected chi connectivity index (χ3v) is 3.11. The van der Waals surface area contributed by atoms with Crippen LogP contribution >= 0.6 is 12.4 Å². The molecule has 1 N–H and O–H groups in total. The van der Waals surface area contributed by atoms with Crippen molar-refractivity contribution in [1.82, 2.24) is 15.2 Å². The summed E-state index contributed by atoms with van der Waals surface area (Å²) in [5.41, 5.74) is 0.501. The van der Waals surface area contributed by atoms with Crippen LogP contribution in [0.4, 0.5) is 0 Å². The van der Waals surface area contributed by atoms with E-state index in [1.807, 2.05) is 4.90 Å². The molecule has 0 radical (unpaired) electrons. The van der Waals surface area contributed by atoms with Crippen LogP contribution in [0.3, 0.4) is 0 Å². The fraction of sp³-hybridized carbons (Fsp3) is 0.727. The summed E-state index contributed by atoms with van der Waals surface area (Å²) in [5.74, 6) is -0.0621. The van der Waals surface area contributed by atoms with E-state index >= 15 is 0 Å². The summed E-state index contributed by atoms with van der Waals surface area (Å²) in [6.45, 7) is 4.28. The molecule has 102 valence electrons. The van der Waals surface area contributed by atoms with Gasteiger partial charge in [0.05, 0.1) is 0 Å². The highest BCUT2D eigenvalue weighted by atomic mass is 35.5. The van der Waals surface area contributed by atoms with Crippen LogP contribution in [0.5, 0.6) is 0 Å². The monoisotopic (exact) mass is 274 g/mol. The van der Waals surface area contributed by atoms with E-state index < -0.39 is 0 Å². The summed E-state index contributed by atoms with van der Waals surface area (Å²) in [7, 11) is 1.59. The van der Waals surface area contributed by atoms with Crippen LogP contribution in [0.25, 0.3) is 0 Å². The first kappa shape index (κ1) is 14.9. The van der Waals surface area contributed by atoms with E-state index in [0.29, 0.717) is 37.7 Å². The fourth-order valence-electron chi connectivity index (χ4n) is 2.12. The molecule has 2 rings (SSSR count). The molecule has 2 heterocycles. The maximum Gasteiger partial charge on any atom is 0.270 e. The van der Waals surface area contributed by atoms with E-state index in [4.69, 9.17) is 0 Å². The Balaban J connectivity index is 0.00000162. The third-order valence-electron chi connectivity index (χ3n) is 3.11. The van der Waals surface area contributed by atoms with Crippen LogP contribution in [-0.2, 0) is 9.59 Å². The van der Waals surface area contributed by atoms with Crippen LogP contribution in [0.2, 0.25) is 0 Å². The number of nitrogens with zero attached hydrogens (tertiary/aromatic N) is 3. The van der Waals surface area contributed by atoms with Crippen molar-refractivity contribution < 1.29 is 9.59 Å². The van der Waals surface area contributed by atoms with Gasteiger partial charge in [0.1, 0.15) is 5.71 Å². The molecule has 2 amide bonds. The molecule has 2 aliphatic rings. The second-order valence-electron chi connectivity index (χ2n) is 4.57. The van der Waals surface area contributed by atoms with Crippen molar-refractivity contribution in [2.75, 3.05) is 26.7 Å². The lowest BCUT2D eigenvalue weighted by Gasteiger charge is -2.33. The third kappa shape index (κ3) is 3.20. The molecule has 0 saturated carbocycles. The number of carbonyl (C=O) groups is 2. The van der Waals surface area contributed by atoms with Gasteiger partial charge in [-0.3, -0.25) is 9.59 Å². The molecule has 1 saturated heterocycles. The molecule has 1 fully saturated rings. The van der Waals surface area contributed by atoms with Gasteiger partial charge < -0.3 is 10.2 Å². The number of hydrogen-bond donors (Lipinski definition) is 1. The highest BCUT2D eigenvalue weighted by molar-refractivity contribution is 6.39. The van der Waals surface area contributed by atoms with Gasteiger partial charge in [-0.05, 0) is 6.92 Å². The fourth-order valence-corrected chi connectivity index (χ4v) is 2.12. The minimum atomic E-state index is -0.0322. The number of piperazine rings is 1. The summed E-state index contributed by atoms with van der Waals surface area (Å²) in [5, 5.41) is 8.61. The molecular formula is C11H19ClN4O2. The topological polar surface area (TPSA) is 65.0 Å². The molecule has 0 aromatic rings. The average molecular weight is 275 g/mol. The van der Waals surface area contributed by atoms with Gasteiger partial charge in [-0.2, -0.15) is 5.10 Å². The van der Waals surface area contributed by atoms with Gasteiger partial charge in [0.2, 0.25) is 5.91 Å². The molecule has 0 aromatic heterocycles. The van der Waals surface area contributed by atoms with E-state index in [2.05, 4.69) is 17.3 Å². The Morgan fingerprint density at radius 1 is 1.44 bits per heavy atom. The smallest absolute Gasteiger partial charge is 0.270 e. The highest BCUT2D eigenvalue weighted by Gasteiger charge is 2.27. The van der Waals surface area contributed by atoms with Crippen molar-refractivity contribution >= 4 is 29.9 Å². The summed E-state index contributed by atoms with van der Waals surface area (Å²) in [4.78, 5) is 25.3. The van der Waals surface area contributed by atoms with Crippen molar-refractivity contribution in [3.05, 3.63) is 0 Å². The Labute approximate surface area is 113 Å². The number of rotatable bonds is 1. The molecule has 0 aromatic carbocycles. The Bertz CT molecular complexity index is 372. The first-order valence-electron chi connectivity index (χ1n) is 5.94. The molecule has 0 spiro atoms. The Morgan fingerprint density at radius 3 is 2.78 bits per heavy atom. The predicted molar refractivity (Wildman–Crippen MR) is 70.7 cm³/mol. The van der Waals surface area contributed by atoms with Crippen LogP contribution in [0.15, 0.2) is 5.10 Å².